The van der Waals surface area contributed by atoms with E-state index in [9.17, 15) is 4.79 Å². The van der Waals surface area contributed by atoms with E-state index in [1.807, 2.05) is 0 Å². The summed E-state index contributed by atoms with van der Waals surface area (Å²) in [5, 5.41) is 0. The zero-order valence-electron chi connectivity index (χ0n) is 7.49. The van der Waals surface area contributed by atoms with Crippen LogP contribution in [-0.2, 0) is 19.0 Å². The Morgan fingerprint density at radius 1 is 1.77 bits per heavy atom. The molecule has 0 radical (unpaired) electrons. The quantitative estimate of drug-likeness (QED) is 0.547. The molecule has 13 heavy (non-hydrogen) atoms. The third kappa shape index (κ3) is 3.62. The van der Waals surface area contributed by atoms with E-state index in [0.29, 0.717) is 13.2 Å². The Bertz CT molecular complexity index is 168. The second-order valence-electron chi connectivity index (χ2n) is 2.81. The molecule has 0 aromatic rings. The standard InChI is InChI=1S/C8H13BrO4/c1-11-8(10)7(9)5-13-6-2-3-12-4-6/h6-7H,2-5H2,1H3. The molecule has 1 fully saturated rings. The Morgan fingerprint density at radius 2 is 2.54 bits per heavy atom. The summed E-state index contributed by atoms with van der Waals surface area (Å²) in [4.78, 5) is 10.6. The molecule has 0 aromatic heterocycles. The zero-order chi connectivity index (χ0) is 9.68. The van der Waals surface area contributed by atoms with Crippen LogP contribution < -0.4 is 0 Å². The van der Waals surface area contributed by atoms with Crippen LogP contribution in [0.3, 0.4) is 0 Å². The van der Waals surface area contributed by atoms with E-state index in [-0.39, 0.29) is 16.9 Å². The maximum absolute atomic E-state index is 10.9. The zero-order valence-corrected chi connectivity index (χ0v) is 9.08. The lowest BCUT2D eigenvalue weighted by atomic mass is 10.3. The van der Waals surface area contributed by atoms with E-state index in [4.69, 9.17) is 9.47 Å². The van der Waals surface area contributed by atoms with Crippen molar-refractivity contribution in [3.63, 3.8) is 0 Å². The van der Waals surface area contributed by atoms with Crippen LogP contribution in [0.5, 0.6) is 0 Å². The van der Waals surface area contributed by atoms with Gasteiger partial charge in [-0.25, -0.2) is 0 Å². The number of hydrogen-bond donors (Lipinski definition) is 0. The first-order valence-corrected chi connectivity index (χ1v) is 5.07. The van der Waals surface area contributed by atoms with Crippen molar-refractivity contribution in [1.29, 1.82) is 0 Å². The van der Waals surface area contributed by atoms with Gasteiger partial charge in [0.15, 0.2) is 0 Å². The molecule has 5 heteroatoms. The van der Waals surface area contributed by atoms with Crippen LogP contribution in [0.25, 0.3) is 0 Å². The number of esters is 1. The molecule has 0 amide bonds. The van der Waals surface area contributed by atoms with Gasteiger partial charge < -0.3 is 14.2 Å². The molecule has 0 saturated carbocycles. The smallest absolute Gasteiger partial charge is 0.321 e. The number of rotatable bonds is 4. The lowest BCUT2D eigenvalue weighted by Gasteiger charge is -2.12. The van der Waals surface area contributed by atoms with Gasteiger partial charge in [0.2, 0.25) is 0 Å². The van der Waals surface area contributed by atoms with Crippen molar-refractivity contribution in [2.24, 2.45) is 0 Å². The average Bonchev–Trinajstić information content (AvgIpc) is 2.65. The van der Waals surface area contributed by atoms with Gasteiger partial charge in [-0.15, -0.1) is 0 Å². The lowest BCUT2D eigenvalue weighted by Crippen LogP contribution is -2.25. The molecule has 1 aliphatic heterocycles. The number of carbonyl (C=O) groups excluding carboxylic acids is 1. The molecule has 4 nitrogen and oxygen atoms in total. The van der Waals surface area contributed by atoms with E-state index < -0.39 is 0 Å². The monoisotopic (exact) mass is 252 g/mol. The predicted molar refractivity (Wildman–Crippen MR) is 49.9 cm³/mol. The summed E-state index contributed by atoms with van der Waals surface area (Å²) in [7, 11) is 1.36. The molecule has 0 aliphatic carbocycles. The Balaban J connectivity index is 2.13. The minimum atomic E-state index is -0.377. The highest BCUT2D eigenvalue weighted by Crippen LogP contribution is 2.11. The number of methoxy groups -OCH3 is 1. The molecule has 0 N–H and O–H groups in total. The van der Waals surface area contributed by atoms with E-state index in [0.717, 1.165) is 13.0 Å². The SMILES string of the molecule is COC(=O)C(Br)COC1CCOC1. The third-order valence-corrected chi connectivity index (χ3v) is 2.46. The van der Waals surface area contributed by atoms with Gasteiger partial charge in [0, 0.05) is 6.61 Å². The first-order chi connectivity index (χ1) is 6.24. The number of ether oxygens (including phenoxy) is 3. The van der Waals surface area contributed by atoms with Crippen molar-refractivity contribution in [2.45, 2.75) is 17.4 Å². The summed E-state index contributed by atoms with van der Waals surface area (Å²) in [5.74, 6) is -0.307. The fourth-order valence-electron chi connectivity index (χ4n) is 1.06. The number of halogens is 1. The number of hydrogen-bond acceptors (Lipinski definition) is 4. The van der Waals surface area contributed by atoms with Crippen molar-refractivity contribution in [1.82, 2.24) is 0 Å². The maximum atomic E-state index is 10.9. The highest BCUT2D eigenvalue weighted by molar-refractivity contribution is 9.10. The van der Waals surface area contributed by atoms with Crippen molar-refractivity contribution in [2.75, 3.05) is 26.9 Å². The van der Waals surface area contributed by atoms with E-state index in [1.54, 1.807) is 0 Å². The van der Waals surface area contributed by atoms with Crippen LogP contribution in [0.4, 0.5) is 0 Å². The first-order valence-electron chi connectivity index (χ1n) is 4.15. The molecule has 1 heterocycles. The second-order valence-corrected chi connectivity index (χ2v) is 3.91. The summed E-state index contributed by atoms with van der Waals surface area (Å²) in [5.41, 5.74) is 0. The highest BCUT2D eigenvalue weighted by Gasteiger charge is 2.20. The molecule has 1 rings (SSSR count). The minimum absolute atomic E-state index is 0.129. The van der Waals surface area contributed by atoms with Gasteiger partial charge in [-0.1, -0.05) is 15.9 Å². The molecule has 1 saturated heterocycles. The van der Waals surface area contributed by atoms with Crippen molar-refractivity contribution < 1.29 is 19.0 Å². The molecule has 0 aromatic carbocycles. The number of carbonyl (C=O) groups is 1. The third-order valence-electron chi connectivity index (χ3n) is 1.82. The first kappa shape index (κ1) is 10.9. The molecular weight excluding hydrogens is 240 g/mol. The Morgan fingerprint density at radius 3 is 3.08 bits per heavy atom. The maximum Gasteiger partial charge on any atom is 0.321 e. The largest absolute Gasteiger partial charge is 0.468 e. The molecule has 0 spiro atoms. The van der Waals surface area contributed by atoms with Crippen LogP contribution in [0.2, 0.25) is 0 Å². The van der Waals surface area contributed by atoms with Crippen LogP contribution >= 0.6 is 15.9 Å². The molecule has 76 valence electrons. The fraction of sp³-hybridized carbons (Fsp3) is 0.875. The summed E-state index contributed by atoms with van der Waals surface area (Å²) >= 11 is 3.17. The highest BCUT2D eigenvalue weighted by atomic mass is 79.9. The molecule has 2 unspecified atom stereocenters. The lowest BCUT2D eigenvalue weighted by molar-refractivity contribution is -0.141. The van der Waals surface area contributed by atoms with Crippen LogP contribution in [-0.4, -0.2) is 43.8 Å². The van der Waals surface area contributed by atoms with Gasteiger partial charge >= 0.3 is 5.97 Å². The second kappa shape index (κ2) is 5.57. The van der Waals surface area contributed by atoms with Gasteiger partial charge in [-0.2, -0.15) is 0 Å². The topological polar surface area (TPSA) is 44.8 Å². The molecule has 2 atom stereocenters. The van der Waals surface area contributed by atoms with Crippen molar-refractivity contribution >= 4 is 21.9 Å². The molecule has 0 bridgehead atoms. The van der Waals surface area contributed by atoms with Crippen LogP contribution in [0.1, 0.15) is 6.42 Å². The summed E-state index contributed by atoms with van der Waals surface area (Å²) in [6, 6.07) is 0. The summed E-state index contributed by atoms with van der Waals surface area (Å²) in [6.07, 6.45) is 1.03. The van der Waals surface area contributed by atoms with E-state index >= 15 is 0 Å². The number of alkyl halides is 1. The summed E-state index contributed by atoms with van der Waals surface area (Å²) in [6.45, 7) is 1.71. The van der Waals surface area contributed by atoms with Gasteiger partial charge in [0.05, 0.1) is 26.4 Å². The van der Waals surface area contributed by atoms with Gasteiger partial charge in [-0.3, -0.25) is 4.79 Å². The Hall–Kier alpha value is -0.130. The predicted octanol–water partition coefficient (Wildman–Crippen LogP) is 0.728. The van der Waals surface area contributed by atoms with Crippen LogP contribution in [0.15, 0.2) is 0 Å². The molecular formula is C8H13BrO4. The van der Waals surface area contributed by atoms with Crippen molar-refractivity contribution in [3.8, 4) is 0 Å². The minimum Gasteiger partial charge on any atom is -0.468 e. The molecule has 1 aliphatic rings. The van der Waals surface area contributed by atoms with Gasteiger partial charge in [-0.05, 0) is 6.42 Å². The Labute approximate surface area is 85.7 Å². The normalized spacial score (nSPS) is 24.3. The van der Waals surface area contributed by atoms with Crippen molar-refractivity contribution in [3.05, 3.63) is 0 Å². The van der Waals surface area contributed by atoms with Crippen LogP contribution in [0, 0.1) is 0 Å². The van der Waals surface area contributed by atoms with Gasteiger partial charge in [0.25, 0.3) is 0 Å². The summed E-state index contributed by atoms with van der Waals surface area (Å²) < 4.78 is 15.1. The fourth-order valence-corrected chi connectivity index (χ4v) is 1.40. The van der Waals surface area contributed by atoms with E-state index in [1.165, 1.54) is 7.11 Å². The van der Waals surface area contributed by atoms with E-state index in [2.05, 4.69) is 20.7 Å². The average molecular weight is 253 g/mol. The van der Waals surface area contributed by atoms with Gasteiger partial charge in [0.1, 0.15) is 4.83 Å². The Kier molecular flexibility index (Phi) is 4.69.